The first-order chi connectivity index (χ1) is 15.7. The average molecular weight is 427 g/mol. The number of nitrogens with one attached hydrogen (secondary N) is 1. The molecule has 2 aromatic heterocycles. The molecule has 0 fully saturated rings. The van der Waals surface area contributed by atoms with Crippen molar-refractivity contribution in [1.82, 2.24) is 20.2 Å². The predicted octanol–water partition coefficient (Wildman–Crippen LogP) is 5.45. The standard InChI is InChI=1S/C24H18FN5O2/c1-15-29-30-24(32-15)16-6-11-22-20(12-16)23(27-14-26-22)28-18-7-9-19(10-8-18)31-13-17-4-2-3-5-21(17)25/h2-12,14H,13H2,1H3,(H,26,27,28). The number of aryl methyl sites for hydroxylation is 1. The summed E-state index contributed by atoms with van der Waals surface area (Å²) >= 11 is 0. The largest absolute Gasteiger partial charge is 0.489 e. The number of nitrogens with zero attached hydrogens (tertiary/aromatic N) is 4. The van der Waals surface area contributed by atoms with Gasteiger partial charge >= 0.3 is 0 Å². The van der Waals surface area contributed by atoms with Crippen LogP contribution in [-0.2, 0) is 6.61 Å². The van der Waals surface area contributed by atoms with Crippen molar-refractivity contribution in [3.8, 4) is 17.2 Å². The second-order valence-electron chi connectivity index (χ2n) is 7.11. The zero-order valence-electron chi connectivity index (χ0n) is 17.1. The Labute approximate surface area is 182 Å². The molecule has 3 aromatic carbocycles. The summed E-state index contributed by atoms with van der Waals surface area (Å²) < 4.78 is 25.0. The quantitative estimate of drug-likeness (QED) is 0.386. The predicted molar refractivity (Wildman–Crippen MR) is 118 cm³/mol. The van der Waals surface area contributed by atoms with Crippen molar-refractivity contribution in [2.75, 3.05) is 5.32 Å². The maximum absolute atomic E-state index is 13.7. The van der Waals surface area contributed by atoms with Crippen LogP contribution in [0.2, 0.25) is 0 Å². The molecule has 0 saturated carbocycles. The molecule has 7 nitrogen and oxygen atoms in total. The number of anilines is 2. The van der Waals surface area contributed by atoms with E-state index >= 15 is 0 Å². The van der Waals surface area contributed by atoms with Gasteiger partial charge in [0.15, 0.2) is 0 Å². The molecular weight excluding hydrogens is 409 g/mol. The van der Waals surface area contributed by atoms with Crippen molar-refractivity contribution in [2.45, 2.75) is 13.5 Å². The van der Waals surface area contributed by atoms with Crippen LogP contribution in [-0.4, -0.2) is 20.2 Å². The molecule has 0 atom stereocenters. The van der Waals surface area contributed by atoms with Crippen LogP contribution in [0.5, 0.6) is 5.75 Å². The Bertz CT molecular complexity index is 1390. The van der Waals surface area contributed by atoms with Crippen molar-refractivity contribution in [3.05, 3.63) is 90.3 Å². The van der Waals surface area contributed by atoms with Crippen molar-refractivity contribution in [1.29, 1.82) is 0 Å². The van der Waals surface area contributed by atoms with Crippen LogP contribution in [0.1, 0.15) is 11.5 Å². The van der Waals surface area contributed by atoms with Gasteiger partial charge in [0.25, 0.3) is 0 Å². The number of fused-ring (bicyclic) bond motifs is 1. The van der Waals surface area contributed by atoms with E-state index in [1.807, 2.05) is 42.5 Å². The van der Waals surface area contributed by atoms with Gasteiger partial charge in [-0.1, -0.05) is 18.2 Å². The van der Waals surface area contributed by atoms with Crippen LogP contribution < -0.4 is 10.1 Å². The summed E-state index contributed by atoms with van der Waals surface area (Å²) in [5.41, 5.74) is 2.90. The number of ether oxygens (including phenoxy) is 1. The molecule has 0 unspecified atom stereocenters. The Morgan fingerprint density at radius 1 is 0.969 bits per heavy atom. The molecule has 0 aliphatic rings. The lowest BCUT2D eigenvalue weighted by molar-refractivity contribution is 0.300. The number of hydrogen-bond donors (Lipinski definition) is 1. The van der Waals surface area contributed by atoms with Gasteiger partial charge in [0.2, 0.25) is 11.8 Å². The van der Waals surface area contributed by atoms with Crippen LogP contribution in [0.4, 0.5) is 15.9 Å². The molecule has 0 aliphatic heterocycles. The third-order valence-corrected chi connectivity index (χ3v) is 4.88. The zero-order valence-corrected chi connectivity index (χ0v) is 17.1. The SMILES string of the molecule is Cc1nnc(-c2ccc3ncnc(Nc4ccc(OCc5ccccc5F)cc4)c3c2)o1. The Hall–Kier alpha value is -4.33. The van der Waals surface area contributed by atoms with E-state index in [2.05, 4.69) is 25.5 Å². The van der Waals surface area contributed by atoms with E-state index in [4.69, 9.17) is 9.15 Å². The van der Waals surface area contributed by atoms with Crippen molar-refractivity contribution < 1.29 is 13.5 Å². The van der Waals surface area contributed by atoms with Gasteiger partial charge in [-0.05, 0) is 48.5 Å². The van der Waals surface area contributed by atoms with E-state index in [0.717, 1.165) is 22.2 Å². The molecular formula is C24H18FN5O2. The van der Waals surface area contributed by atoms with E-state index in [-0.39, 0.29) is 12.4 Å². The normalized spacial score (nSPS) is 10.9. The fraction of sp³-hybridized carbons (Fsp3) is 0.0833. The first-order valence-electron chi connectivity index (χ1n) is 9.94. The molecule has 0 saturated heterocycles. The summed E-state index contributed by atoms with van der Waals surface area (Å²) in [4.78, 5) is 8.72. The lowest BCUT2D eigenvalue weighted by Crippen LogP contribution is -1.99. The summed E-state index contributed by atoms with van der Waals surface area (Å²) in [6, 6.07) is 19.6. The van der Waals surface area contributed by atoms with Crippen LogP contribution in [0.15, 0.2) is 77.5 Å². The molecule has 0 bridgehead atoms. The molecule has 8 heteroatoms. The minimum atomic E-state index is -0.281. The Morgan fingerprint density at radius 2 is 1.81 bits per heavy atom. The Balaban J connectivity index is 1.35. The van der Waals surface area contributed by atoms with E-state index in [1.165, 1.54) is 12.4 Å². The van der Waals surface area contributed by atoms with Crippen LogP contribution in [0.25, 0.3) is 22.4 Å². The number of aromatic nitrogens is 4. The van der Waals surface area contributed by atoms with Crippen LogP contribution in [0, 0.1) is 12.7 Å². The fourth-order valence-electron chi connectivity index (χ4n) is 3.25. The van der Waals surface area contributed by atoms with E-state index < -0.39 is 0 Å². The van der Waals surface area contributed by atoms with Gasteiger partial charge in [0.05, 0.1) is 5.52 Å². The third-order valence-electron chi connectivity index (χ3n) is 4.88. The summed E-state index contributed by atoms with van der Waals surface area (Å²) in [5.74, 6) is 1.95. The number of benzene rings is 3. The molecule has 5 rings (SSSR count). The minimum Gasteiger partial charge on any atom is -0.489 e. The monoisotopic (exact) mass is 427 g/mol. The van der Waals surface area contributed by atoms with Gasteiger partial charge in [-0.25, -0.2) is 14.4 Å². The number of halogens is 1. The smallest absolute Gasteiger partial charge is 0.247 e. The second kappa shape index (κ2) is 8.43. The van der Waals surface area contributed by atoms with Gasteiger partial charge in [-0.3, -0.25) is 0 Å². The first kappa shape index (κ1) is 19.6. The topological polar surface area (TPSA) is 86.0 Å². The maximum atomic E-state index is 13.7. The zero-order chi connectivity index (χ0) is 21.9. The highest BCUT2D eigenvalue weighted by Gasteiger charge is 2.11. The molecule has 0 amide bonds. The van der Waals surface area contributed by atoms with Crippen molar-refractivity contribution in [2.24, 2.45) is 0 Å². The molecule has 0 spiro atoms. The second-order valence-corrected chi connectivity index (χ2v) is 7.11. The van der Waals surface area contributed by atoms with E-state index in [0.29, 0.717) is 28.9 Å². The molecule has 158 valence electrons. The summed E-state index contributed by atoms with van der Waals surface area (Å²) in [6.07, 6.45) is 1.51. The van der Waals surface area contributed by atoms with Gasteiger partial charge in [0.1, 0.15) is 30.3 Å². The van der Waals surface area contributed by atoms with Crippen LogP contribution >= 0.6 is 0 Å². The molecule has 0 radical (unpaired) electrons. The highest BCUT2D eigenvalue weighted by molar-refractivity contribution is 5.93. The Morgan fingerprint density at radius 3 is 2.59 bits per heavy atom. The highest BCUT2D eigenvalue weighted by Crippen LogP contribution is 2.28. The molecule has 2 heterocycles. The molecule has 0 aliphatic carbocycles. The lowest BCUT2D eigenvalue weighted by atomic mass is 10.1. The molecule has 32 heavy (non-hydrogen) atoms. The van der Waals surface area contributed by atoms with Gasteiger partial charge in [0, 0.05) is 29.1 Å². The van der Waals surface area contributed by atoms with Crippen molar-refractivity contribution in [3.63, 3.8) is 0 Å². The van der Waals surface area contributed by atoms with E-state index in [1.54, 1.807) is 25.1 Å². The van der Waals surface area contributed by atoms with Crippen LogP contribution in [0.3, 0.4) is 0 Å². The molecule has 1 N–H and O–H groups in total. The fourth-order valence-corrected chi connectivity index (χ4v) is 3.25. The first-order valence-corrected chi connectivity index (χ1v) is 9.94. The third kappa shape index (κ3) is 4.11. The molecule has 5 aromatic rings. The minimum absolute atomic E-state index is 0.161. The number of rotatable bonds is 6. The van der Waals surface area contributed by atoms with E-state index in [9.17, 15) is 4.39 Å². The number of hydrogen-bond acceptors (Lipinski definition) is 7. The van der Waals surface area contributed by atoms with Gasteiger partial charge < -0.3 is 14.5 Å². The average Bonchev–Trinajstić information content (AvgIpc) is 3.26. The lowest BCUT2D eigenvalue weighted by Gasteiger charge is -2.11. The van der Waals surface area contributed by atoms with Gasteiger partial charge in [-0.15, -0.1) is 10.2 Å². The summed E-state index contributed by atoms with van der Waals surface area (Å²) in [7, 11) is 0. The van der Waals surface area contributed by atoms with Crippen molar-refractivity contribution >= 4 is 22.4 Å². The van der Waals surface area contributed by atoms with Gasteiger partial charge in [-0.2, -0.15) is 0 Å². The summed E-state index contributed by atoms with van der Waals surface area (Å²) in [5, 5.41) is 12.1. The summed E-state index contributed by atoms with van der Waals surface area (Å²) in [6.45, 7) is 1.91. The Kier molecular flexibility index (Phi) is 5.17. The maximum Gasteiger partial charge on any atom is 0.247 e. The highest BCUT2D eigenvalue weighted by atomic mass is 19.1.